The van der Waals surface area contributed by atoms with Crippen LogP contribution in [0.3, 0.4) is 0 Å². The highest BCUT2D eigenvalue weighted by Gasteiger charge is 2.15. The topological polar surface area (TPSA) is 90.5 Å². The Morgan fingerprint density at radius 2 is 1.39 bits per heavy atom. The normalized spacial score (nSPS) is 11.6. The third-order valence-corrected chi connectivity index (χ3v) is 4.94. The maximum Gasteiger partial charge on any atom is 0.238 e. The molecule has 2 aromatic carbocycles. The molecule has 0 fully saturated rings. The average molecular weight is 425 g/mol. The number of likely N-dealkylation sites (N-methyl/N-ethyl adjacent to an activating group) is 1. The van der Waals surface area contributed by atoms with E-state index in [0.717, 1.165) is 12.0 Å². The van der Waals surface area contributed by atoms with Gasteiger partial charge in [0, 0.05) is 18.3 Å². The van der Waals surface area contributed by atoms with Crippen LogP contribution in [0.15, 0.2) is 48.5 Å². The van der Waals surface area contributed by atoms with Gasteiger partial charge in [-0.3, -0.25) is 19.3 Å². The molecule has 2 rings (SSSR count). The van der Waals surface area contributed by atoms with Crippen molar-refractivity contribution in [2.45, 2.75) is 40.2 Å². The number of rotatable bonds is 10. The lowest BCUT2D eigenvalue weighted by atomic mass is 10.1. The number of benzene rings is 2. The Balaban J connectivity index is 1.83. The summed E-state index contributed by atoms with van der Waals surface area (Å²) in [4.78, 5) is 37.7. The first-order valence-electron chi connectivity index (χ1n) is 10.6. The largest absolute Gasteiger partial charge is 0.348 e. The number of amides is 3. The van der Waals surface area contributed by atoms with E-state index in [9.17, 15) is 14.4 Å². The Kier molecular flexibility index (Phi) is 9.21. The van der Waals surface area contributed by atoms with Gasteiger partial charge in [0.15, 0.2) is 0 Å². The molecule has 0 aromatic heterocycles. The predicted octanol–water partition coefficient (Wildman–Crippen LogP) is 3.35. The molecule has 3 N–H and O–H groups in total. The predicted molar refractivity (Wildman–Crippen MR) is 124 cm³/mol. The first-order valence-corrected chi connectivity index (χ1v) is 10.6. The average Bonchev–Trinajstić information content (AvgIpc) is 2.74. The van der Waals surface area contributed by atoms with Gasteiger partial charge in [0.1, 0.15) is 0 Å². The molecule has 0 bridgehead atoms. The molecule has 1 atom stereocenters. The minimum absolute atomic E-state index is 0.104. The van der Waals surface area contributed by atoms with Crippen LogP contribution in [-0.4, -0.2) is 42.3 Å². The zero-order valence-corrected chi connectivity index (χ0v) is 18.7. The molecule has 0 heterocycles. The molecule has 2 aromatic rings. The smallest absolute Gasteiger partial charge is 0.238 e. The van der Waals surface area contributed by atoms with E-state index in [2.05, 4.69) is 35.0 Å². The van der Waals surface area contributed by atoms with E-state index in [1.807, 2.05) is 26.0 Å². The molecule has 0 saturated carbocycles. The molecule has 0 aliphatic heterocycles. The molecule has 0 unspecified atom stereocenters. The zero-order valence-electron chi connectivity index (χ0n) is 18.7. The fraction of sp³-hybridized carbons (Fsp3) is 0.375. The van der Waals surface area contributed by atoms with Crippen molar-refractivity contribution in [3.63, 3.8) is 0 Å². The molecular weight excluding hydrogens is 392 g/mol. The standard InChI is InChI=1S/C24H32N4O3/c1-5-19-7-9-20(10-8-19)17(3)25-23(30)15-28(6-2)16-24(31)27-22-13-11-21(12-14-22)26-18(4)29/h7-14,17H,5-6,15-16H2,1-4H3,(H,25,30)(H,26,29)(H,27,31)/t17-/m0/s1. The summed E-state index contributed by atoms with van der Waals surface area (Å²) < 4.78 is 0. The van der Waals surface area contributed by atoms with Gasteiger partial charge in [-0.15, -0.1) is 0 Å². The molecule has 0 radical (unpaired) electrons. The Morgan fingerprint density at radius 3 is 1.90 bits per heavy atom. The Bertz CT molecular complexity index is 879. The molecule has 0 saturated heterocycles. The van der Waals surface area contributed by atoms with Crippen LogP contribution in [-0.2, 0) is 20.8 Å². The van der Waals surface area contributed by atoms with Gasteiger partial charge < -0.3 is 16.0 Å². The van der Waals surface area contributed by atoms with Crippen LogP contribution in [0.5, 0.6) is 0 Å². The summed E-state index contributed by atoms with van der Waals surface area (Å²) in [6.45, 7) is 8.23. The van der Waals surface area contributed by atoms with Gasteiger partial charge in [-0.1, -0.05) is 38.1 Å². The van der Waals surface area contributed by atoms with E-state index in [1.165, 1.54) is 12.5 Å². The highest BCUT2D eigenvalue weighted by atomic mass is 16.2. The van der Waals surface area contributed by atoms with E-state index in [1.54, 1.807) is 29.2 Å². The van der Waals surface area contributed by atoms with Crippen LogP contribution < -0.4 is 16.0 Å². The van der Waals surface area contributed by atoms with E-state index >= 15 is 0 Å². The highest BCUT2D eigenvalue weighted by molar-refractivity contribution is 5.93. The third-order valence-electron chi connectivity index (χ3n) is 4.94. The first-order chi connectivity index (χ1) is 14.8. The van der Waals surface area contributed by atoms with Crippen molar-refractivity contribution in [3.8, 4) is 0 Å². The minimum atomic E-state index is -0.204. The van der Waals surface area contributed by atoms with E-state index < -0.39 is 0 Å². The van der Waals surface area contributed by atoms with E-state index in [0.29, 0.717) is 17.9 Å². The second-order valence-corrected chi connectivity index (χ2v) is 7.49. The summed E-state index contributed by atoms with van der Waals surface area (Å²) in [6, 6.07) is 15.0. The molecule has 7 nitrogen and oxygen atoms in total. The van der Waals surface area contributed by atoms with Crippen LogP contribution in [0.1, 0.15) is 44.9 Å². The van der Waals surface area contributed by atoms with Crippen LogP contribution >= 0.6 is 0 Å². The second-order valence-electron chi connectivity index (χ2n) is 7.49. The number of aryl methyl sites for hydroxylation is 1. The van der Waals surface area contributed by atoms with Crippen LogP contribution in [0.25, 0.3) is 0 Å². The molecule has 0 aliphatic rings. The molecule has 3 amide bonds. The maximum absolute atomic E-state index is 12.5. The summed E-state index contributed by atoms with van der Waals surface area (Å²) >= 11 is 0. The van der Waals surface area contributed by atoms with Crippen molar-refractivity contribution < 1.29 is 14.4 Å². The third kappa shape index (κ3) is 8.22. The number of hydrogen-bond acceptors (Lipinski definition) is 4. The van der Waals surface area contributed by atoms with Gasteiger partial charge in [0.2, 0.25) is 17.7 Å². The molecule has 166 valence electrons. The van der Waals surface area contributed by atoms with Crippen LogP contribution in [0.4, 0.5) is 11.4 Å². The number of anilines is 2. The molecule has 31 heavy (non-hydrogen) atoms. The minimum Gasteiger partial charge on any atom is -0.348 e. The molecule has 0 aliphatic carbocycles. The maximum atomic E-state index is 12.5. The van der Waals surface area contributed by atoms with Crippen molar-refractivity contribution in [3.05, 3.63) is 59.7 Å². The van der Waals surface area contributed by atoms with Crippen molar-refractivity contribution in [2.75, 3.05) is 30.3 Å². The summed E-state index contributed by atoms with van der Waals surface area (Å²) in [6.07, 6.45) is 0.980. The second kappa shape index (κ2) is 11.9. The quantitative estimate of drug-likeness (QED) is 0.546. The molecular formula is C24H32N4O3. The van der Waals surface area contributed by atoms with Crippen LogP contribution in [0.2, 0.25) is 0 Å². The number of carbonyl (C=O) groups excluding carboxylic acids is 3. The lowest BCUT2D eigenvalue weighted by Gasteiger charge is -2.21. The van der Waals surface area contributed by atoms with E-state index in [-0.39, 0.29) is 36.9 Å². The van der Waals surface area contributed by atoms with Crippen molar-refractivity contribution in [1.29, 1.82) is 0 Å². The SMILES string of the molecule is CCc1ccc([C@H](C)NC(=O)CN(CC)CC(=O)Nc2ccc(NC(C)=O)cc2)cc1. The van der Waals surface area contributed by atoms with Gasteiger partial charge in [-0.25, -0.2) is 0 Å². The van der Waals surface area contributed by atoms with Gasteiger partial charge >= 0.3 is 0 Å². The summed E-state index contributed by atoms with van der Waals surface area (Å²) in [5.74, 6) is -0.479. The van der Waals surface area contributed by atoms with Crippen molar-refractivity contribution in [2.24, 2.45) is 0 Å². The number of carbonyl (C=O) groups is 3. The van der Waals surface area contributed by atoms with Crippen molar-refractivity contribution >= 4 is 29.1 Å². The fourth-order valence-electron chi connectivity index (χ4n) is 3.14. The lowest BCUT2D eigenvalue weighted by Crippen LogP contribution is -2.41. The van der Waals surface area contributed by atoms with E-state index in [4.69, 9.17) is 0 Å². The monoisotopic (exact) mass is 424 g/mol. The lowest BCUT2D eigenvalue weighted by molar-refractivity contribution is -0.124. The molecule has 0 spiro atoms. The van der Waals surface area contributed by atoms with Gasteiger partial charge in [-0.05, 0) is 55.3 Å². The highest BCUT2D eigenvalue weighted by Crippen LogP contribution is 2.15. The van der Waals surface area contributed by atoms with Crippen molar-refractivity contribution in [1.82, 2.24) is 10.2 Å². The summed E-state index contributed by atoms with van der Waals surface area (Å²) in [5, 5.41) is 8.49. The summed E-state index contributed by atoms with van der Waals surface area (Å²) in [5.41, 5.74) is 3.60. The Labute approximate surface area is 184 Å². The van der Waals surface area contributed by atoms with Gasteiger partial charge in [-0.2, -0.15) is 0 Å². The first kappa shape index (κ1) is 24.1. The number of hydrogen-bond donors (Lipinski definition) is 3. The Hall–Kier alpha value is -3.19. The fourth-order valence-corrected chi connectivity index (χ4v) is 3.14. The van der Waals surface area contributed by atoms with Gasteiger partial charge in [0.05, 0.1) is 19.1 Å². The number of nitrogens with one attached hydrogen (secondary N) is 3. The van der Waals surface area contributed by atoms with Crippen LogP contribution in [0, 0.1) is 0 Å². The zero-order chi connectivity index (χ0) is 22.8. The number of nitrogens with zero attached hydrogens (tertiary/aromatic N) is 1. The van der Waals surface area contributed by atoms with Gasteiger partial charge in [0.25, 0.3) is 0 Å². The Morgan fingerprint density at radius 1 is 0.839 bits per heavy atom. The summed E-state index contributed by atoms with van der Waals surface area (Å²) in [7, 11) is 0. The molecule has 7 heteroatoms.